The third-order valence-electron chi connectivity index (χ3n) is 3.08. The van der Waals surface area contributed by atoms with Crippen LogP contribution in [-0.2, 0) is 0 Å². The Kier molecular flexibility index (Phi) is 4.18. The van der Waals surface area contributed by atoms with Crippen LogP contribution in [0.3, 0.4) is 0 Å². The molecule has 0 aromatic carbocycles. The first kappa shape index (κ1) is 12.9. The van der Waals surface area contributed by atoms with Gasteiger partial charge in [0, 0.05) is 25.3 Å². The Labute approximate surface area is 108 Å². The van der Waals surface area contributed by atoms with E-state index in [4.69, 9.17) is 0 Å². The molecule has 0 atom stereocenters. The first-order valence-corrected chi connectivity index (χ1v) is 6.77. The van der Waals surface area contributed by atoms with E-state index in [1.165, 1.54) is 0 Å². The van der Waals surface area contributed by atoms with Gasteiger partial charge in [-0.1, -0.05) is 6.92 Å². The summed E-state index contributed by atoms with van der Waals surface area (Å²) in [4.78, 5) is 18.6. The Balaban J connectivity index is 2.06. The number of anilines is 1. The number of nitrogens with zero attached hydrogens (tertiary/aromatic N) is 2. The molecular formula is C14H21N3O. The minimum Gasteiger partial charge on any atom is -0.370 e. The molecule has 2 rings (SSSR count). The van der Waals surface area contributed by atoms with Crippen molar-refractivity contribution in [2.45, 2.75) is 39.2 Å². The van der Waals surface area contributed by atoms with Crippen LogP contribution in [0, 0.1) is 0 Å². The molecule has 1 aromatic rings. The maximum absolute atomic E-state index is 12.4. The summed E-state index contributed by atoms with van der Waals surface area (Å²) in [6, 6.07) is 4.19. The van der Waals surface area contributed by atoms with Gasteiger partial charge in [0.15, 0.2) is 0 Å². The molecule has 18 heavy (non-hydrogen) atoms. The van der Waals surface area contributed by atoms with Gasteiger partial charge in [-0.2, -0.15) is 0 Å². The number of carbonyl (C=O) groups is 1. The molecule has 0 radical (unpaired) electrons. The van der Waals surface area contributed by atoms with Crippen molar-refractivity contribution in [1.82, 2.24) is 9.88 Å². The molecule has 0 spiro atoms. The fourth-order valence-corrected chi connectivity index (χ4v) is 2.05. The van der Waals surface area contributed by atoms with Crippen LogP contribution in [0.15, 0.2) is 18.3 Å². The van der Waals surface area contributed by atoms with E-state index in [1.807, 2.05) is 24.0 Å². The van der Waals surface area contributed by atoms with Crippen molar-refractivity contribution in [2.75, 3.05) is 18.4 Å². The zero-order valence-corrected chi connectivity index (χ0v) is 11.1. The smallest absolute Gasteiger partial charge is 0.255 e. The lowest BCUT2D eigenvalue weighted by atomic mass is 10.2. The van der Waals surface area contributed by atoms with Crippen molar-refractivity contribution in [3.63, 3.8) is 0 Å². The van der Waals surface area contributed by atoms with Crippen molar-refractivity contribution in [3.8, 4) is 0 Å². The second-order valence-electron chi connectivity index (χ2n) is 4.69. The van der Waals surface area contributed by atoms with Crippen LogP contribution in [0.4, 0.5) is 5.82 Å². The van der Waals surface area contributed by atoms with Gasteiger partial charge < -0.3 is 10.2 Å². The van der Waals surface area contributed by atoms with E-state index in [2.05, 4.69) is 17.2 Å². The van der Waals surface area contributed by atoms with Crippen molar-refractivity contribution in [1.29, 1.82) is 0 Å². The molecule has 0 unspecified atom stereocenters. The quantitative estimate of drug-likeness (QED) is 0.840. The Hall–Kier alpha value is -1.58. The zero-order chi connectivity index (χ0) is 13.0. The number of hydrogen-bond acceptors (Lipinski definition) is 3. The molecule has 1 N–H and O–H groups in total. The highest BCUT2D eigenvalue weighted by atomic mass is 16.2. The van der Waals surface area contributed by atoms with Crippen LogP contribution in [0.2, 0.25) is 0 Å². The van der Waals surface area contributed by atoms with Gasteiger partial charge in [-0.15, -0.1) is 0 Å². The van der Waals surface area contributed by atoms with E-state index >= 15 is 0 Å². The standard InChI is InChI=1S/C14H21N3O/c1-3-9-17(12-6-7-12)14(18)11-5-8-13(15-4-2)16-10-11/h5,8,10,12H,3-4,6-7,9H2,1-2H3,(H,15,16). The molecule has 4 nitrogen and oxygen atoms in total. The molecule has 1 amide bonds. The third kappa shape index (κ3) is 3.00. The summed E-state index contributed by atoms with van der Waals surface area (Å²) in [6.45, 7) is 5.81. The number of carbonyl (C=O) groups excluding carboxylic acids is 1. The monoisotopic (exact) mass is 247 g/mol. The molecule has 1 saturated carbocycles. The average molecular weight is 247 g/mol. The summed E-state index contributed by atoms with van der Waals surface area (Å²) >= 11 is 0. The normalized spacial score (nSPS) is 14.3. The van der Waals surface area contributed by atoms with Crippen LogP contribution >= 0.6 is 0 Å². The number of aromatic nitrogens is 1. The number of nitrogens with one attached hydrogen (secondary N) is 1. The Morgan fingerprint density at radius 3 is 2.72 bits per heavy atom. The molecule has 0 saturated heterocycles. The second kappa shape index (κ2) is 5.85. The van der Waals surface area contributed by atoms with Gasteiger partial charge in [0.05, 0.1) is 5.56 Å². The summed E-state index contributed by atoms with van der Waals surface area (Å²) < 4.78 is 0. The van der Waals surface area contributed by atoms with Crippen molar-refractivity contribution >= 4 is 11.7 Å². The Morgan fingerprint density at radius 2 is 2.22 bits per heavy atom. The molecule has 0 aliphatic heterocycles. The van der Waals surface area contributed by atoms with Gasteiger partial charge in [-0.3, -0.25) is 4.79 Å². The predicted octanol–water partition coefficient (Wildman–Crippen LogP) is 2.53. The molecule has 1 aromatic heterocycles. The van der Waals surface area contributed by atoms with Crippen LogP contribution < -0.4 is 5.32 Å². The van der Waals surface area contributed by atoms with Crippen molar-refractivity contribution < 1.29 is 4.79 Å². The van der Waals surface area contributed by atoms with E-state index in [0.717, 1.165) is 38.2 Å². The van der Waals surface area contributed by atoms with Gasteiger partial charge in [-0.25, -0.2) is 4.98 Å². The molecular weight excluding hydrogens is 226 g/mol. The molecule has 98 valence electrons. The Bertz CT molecular complexity index is 398. The van der Waals surface area contributed by atoms with E-state index < -0.39 is 0 Å². The minimum absolute atomic E-state index is 0.120. The van der Waals surface area contributed by atoms with Crippen LogP contribution in [-0.4, -0.2) is 34.9 Å². The fraction of sp³-hybridized carbons (Fsp3) is 0.571. The average Bonchev–Trinajstić information content (AvgIpc) is 3.21. The topological polar surface area (TPSA) is 45.2 Å². The number of hydrogen-bond donors (Lipinski definition) is 1. The van der Waals surface area contributed by atoms with Crippen LogP contribution in [0.5, 0.6) is 0 Å². The van der Waals surface area contributed by atoms with Crippen molar-refractivity contribution in [3.05, 3.63) is 23.9 Å². The van der Waals surface area contributed by atoms with E-state index in [0.29, 0.717) is 11.6 Å². The molecule has 1 heterocycles. The maximum Gasteiger partial charge on any atom is 0.255 e. The SMILES string of the molecule is CCCN(C(=O)c1ccc(NCC)nc1)C1CC1. The minimum atomic E-state index is 0.120. The number of pyridine rings is 1. The lowest BCUT2D eigenvalue weighted by Gasteiger charge is -2.21. The highest BCUT2D eigenvalue weighted by molar-refractivity contribution is 5.94. The molecule has 1 aliphatic rings. The fourth-order valence-electron chi connectivity index (χ4n) is 2.05. The highest BCUT2D eigenvalue weighted by Crippen LogP contribution is 2.28. The van der Waals surface area contributed by atoms with Gasteiger partial charge in [-0.05, 0) is 38.3 Å². The lowest BCUT2D eigenvalue weighted by Crippen LogP contribution is -2.33. The maximum atomic E-state index is 12.4. The van der Waals surface area contributed by atoms with Crippen molar-refractivity contribution in [2.24, 2.45) is 0 Å². The largest absolute Gasteiger partial charge is 0.370 e. The summed E-state index contributed by atoms with van der Waals surface area (Å²) in [5.41, 5.74) is 0.692. The number of rotatable bonds is 6. The van der Waals surface area contributed by atoms with Gasteiger partial charge >= 0.3 is 0 Å². The van der Waals surface area contributed by atoms with Gasteiger partial charge in [0.25, 0.3) is 5.91 Å². The van der Waals surface area contributed by atoms with Crippen LogP contribution in [0.25, 0.3) is 0 Å². The molecule has 0 bridgehead atoms. The summed E-state index contributed by atoms with van der Waals surface area (Å²) in [6.07, 6.45) is 4.97. The summed E-state index contributed by atoms with van der Waals surface area (Å²) in [7, 11) is 0. The Morgan fingerprint density at radius 1 is 1.44 bits per heavy atom. The van der Waals surface area contributed by atoms with Gasteiger partial charge in [0.2, 0.25) is 0 Å². The third-order valence-corrected chi connectivity index (χ3v) is 3.08. The first-order chi connectivity index (χ1) is 8.76. The lowest BCUT2D eigenvalue weighted by molar-refractivity contribution is 0.0743. The van der Waals surface area contributed by atoms with E-state index in [9.17, 15) is 4.79 Å². The zero-order valence-electron chi connectivity index (χ0n) is 11.1. The summed E-state index contributed by atoms with van der Waals surface area (Å²) in [5, 5.41) is 3.13. The number of amides is 1. The first-order valence-electron chi connectivity index (χ1n) is 6.77. The highest BCUT2D eigenvalue weighted by Gasteiger charge is 2.32. The second-order valence-corrected chi connectivity index (χ2v) is 4.69. The summed E-state index contributed by atoms with van der Waals surface area (Å²) in [5.74, 6) is 0.942. The van der Waals surface area contributed by atoms with Crippen LogP contribution in [0.1, 0.15) is 43.5 Å². The molecule has 1 aliphatic carbocycles. The van der Waals surface area contributed by atoms with E-state index in [1.54, 1.807) is 6.20 Å². The molecule has 4 heteroatoms. The predicted molar refractivity (Wildman–Crippen MR) is 72.8 cm³/mol. The molecule has 1 fully saturated rings. The van der Waals surface area contributed by atoms with E-state index in [-0.39, 0.29) is 5.91 Å². The van der Waals surface area contributed by atoms with Gasteiger partial charge in [0.1, 0.15) is 5.82 Å².